The number of anilines is 2. The Labute approximate surface area is 238 Å². The van der Waals surface area contributed by atoms with E-state index in [0.29, 0.717) is 10.1 Å². The van der Waals surface area contributed by atoms with Crippen molar-refractivity contribution in [2.75, 3.05) is 23.9 Å². The molecule has 0 bridgehead atoms. The lowest BCUT2D eigenvalue weighted by molar-refractivity contribution is -0.119. The summed E-state index contributed by atoms with van der Waals surface area (Å²) >= 11 is 12.1. The Morgan fingerprint density at radius 1 is 1.08 bits per heavy atom. The second-order valence-corrected chi connectivity index (χ2v) is 10.4. The van der Waals surface area contributed by atoms with Crippen molar-refractivity contribution in [2.24, 2.45) is 0 Å². The van der Waals surface area contributed by atoms with E-state index < -0.39 is 0 Å². The van der Waals surface area contributed by atoms with E-state index in [1.54, 1.807) is 6.20 Å². The molecule has 1 fully saturated rings. The zero-order valence-electron chi connectivity index (χ0n) is 22.2. The molecule has 1 saturated heterocycles. The smallest absolute Gasteiger partial charge is 0.250 e. The molecule has 2 N–H and O–H groups in total. The highest BCUT2D eigenvalue weighted by molar-refractivity contribution is 7.80. The molecule has 2 aromatic heterocycles. The molecule has 200 valence electrons. The van der Waals surface area contributed by atoms with Gasteiger partial charge in [0.2, 0.25) is 5.91 Å². The second-order valence-electron chi connectivity index (χ2n) is 9.62. The van der Waals surface area contributed by atoms with Crippen molar-refractivity contribution >= 4 is 46.2 Å². The van der Waals surface area contributed by atoms with Crippen LogP contribution in [0.3, 0.4) is 0 Å². The molecule has 3 heterocycles. The summed E-state index contributed by atoms with van der Waals surface area (Å²) in [6.45, 7) is 6.20. The van der Waals surface area contributed by atoms with Gasteiger partial charge >= 0.3 is 0 Å². The van der Waals surface area contributed by atoms with Crippen molar-refractivity contribution in [1.29, 1.82) is 0 Å². The zero-order valence-corrected chi connectivity index (χ0v) is 23.8. The normalized spacial score (nSPS) is 16.8. The molecule has 4 aromatic rings. The Bertz CT molecular complexity index is 1520. The lowest BCUT2D eigenvalue weighted by Gasteiger charge is -2.29. The molecule has 39 heavy (non-hydrogen) atoms. The van der Waals surface area contributed by atoms with Crippen LogP contribution in [-0.4, -0.2) is 34.3 Å². The van der Waals surface area contributed by atoms with E-state index in [2.05, 4.69) is 45.0 Å². The van der Waals surface area contributed by atoms with E-state index in [9.17, 15) is 4.79 Å². The Hall–Kier alpha value is -3.72. The summed E-state index contributed by atoms with van der Waals surface area (Å²) in [4.78, 5) is 18.9. The fourth-order valence-electron chi connectivity index (χ4n) is 5.28. The zero-order chi connectivity index (χ0) is 27.7. The Morgan fingerprint density at radius 2 is 1.82 bits per heavy atom. The fraction of sp³-hybridized carbons (Fsp3) is 0.233. The van der Waals surface area contributed by atoms with Gasteiger partial charge in [-0.2, -0.15) is 0 Å². The number of pyridine rings is 1. The van der Waals surface area contributed by atoms with Gasteiger partial charge in [-0.3, -0.25) is 9.78 Å². The number of carbonyl (C=O) groups is 1. The van der Waals surface area contributed by atoms with E-state index in [4.69, 9.17) is 28.6 Å². The summed E-state index contributed by atoms with van der Waals surface area (Å²) in [6, 6.07) is 21.6. The van der Waals surface area contributed by atoms with Crippen LogP contribution >= 0.6 is 23.8 Å². The predicted molar refractivity (Wildman–Crippen MR) is 160 cm³/mol. The van der Waals surface area contributed by atoms with Gasteiger partial charge in [-0.25, -0.2) is 0 Å². The van der Waals surface area contributed by atoms with Gasteiger partial charge in [0.15, 0.2) is 5.11 Å². The van der Waals surface area contributed by atoms with Crippen LogP contribution < -0.4 is 15.5 Å². The first-order valence-electron chi connectivity index (χ1n) is 12.6. The summed E-state index contributed by atoms with van der Waals surface area (Å²) in [7, 11) is 1.50. The van der Waals surface area contributed by atoms with Gasteiger partial charge in [-0.15, -0.1) is 0 Å². The summed E-state index contributed by atoms with van der Waals surface area (Å²) in [5.74, 6) is -0.200. The number of carbonyl (C=O) groups excluding carboxylic acids is 1. The number of aryl methyl sites for hydroxylation is 2. The van der Waals surface area contributed by atoms with Crippen molar-refractivity contribution in [3.05, 3.63) is 106 Å². The third-order valence-electron chi connectivity index (χ3n) is 7.01. The predicted octanol–water partition coefficient (Wildman–Crippen LogP) is 6.21. The van der Waals surface area contributed by atoms with Gasteiger partial charge in [-0.1, -0.05) is 17.7 Å². The maximum Gasteiger partial charge on any atom is 0.250 e. The number of methoxy groups -OCH3 is 1. The Morgan fingerprint density at radius 3 is 2.49 bits per heavy atom. The Kier molecular flexibility index (Phi) is 7.70. The lowest BCUT2D eigenvalue weighted by Crippen LogP contribution is -2.29. The molecule has 1 amide bonds. The third kappa shape index (κ3) is 5.28. The van der Waals surface area contributed by atoms with Crippen LogP contribution in [0.25, 0.3) is 5.69 Å². The van der Waals surface area contributed by atoms with Gasteiger partial charge in [0.1, 0.15) is 6.61 Å². The van der Waals surface area contributed by atoms with Crippen molar-refractivity contribution in [2.45, 2.75) is 32.9 Å². The van der Waals surface area contributed by atoms with E-state index in [0.717, 1.165) is 45.3 Å². The van der Waals surface area contributed by atoms with E-state index >= 15 is 0 Å². The van der Waals surface area contributed by atoms with Gasteiger partial charge < -0.3 is 24.8 Å². The first kappa shape index (κ1) is 26.9. The fourth-order valence-corrected chi connectivity index (χ4v) is 5.75. The molecule has 1 aliphatic rings. The molecule has 9 heteroatoms. The number of rotatable bonds is 7. The van der Waals surface area contributed by atoms with Crippen LogP contribution in [0.1, 0.15) is 40.3 Å². The maximum absolute atomic E-state index is 12.1. The molecule has 0 radical (unpaired) electrons. The molecule has 7 nitrogen and oxygen atoms in total. The van der Waals surface area contributed by atoms with E-state index in [1.807, 2.05) is 67.6 Å². The van der Waals surface area contributed by atoms with Gasteiger partial charge in [0, 0.05) is 46.8 Å². The average molecular weight is 560 g/mol. The molecule has 2 aromatic carbocycles. The van der Waals surface area contributed by atoms with Crippen LogP contribution in [0.15, 0.2) is 72.9 Å². The number of ether oxygens (including phenoxy) is 1. The largest absolute Gasteiger partial charge is 0.375 e. The molecule has 2 atom stereocenters. The number of nitrogens with zero attached hydrogens (tertiary/aromatic N) is 3. The number of halogens is 1. The topological polar surface area (TPSA) is 71.4 Å². The first-order chi connectivity index (χ1) is 18.8. The minimum Gasteiger partial charge on any atom is -0.375 e. The van der Waals surface area contributed by atoms with Gasteiger partial charge in [0.25, 0.3) is 0 Å². The number of nitrogens with one attached hydrogen (secondary N) is 2. The van der Waals surface area contributed by atoms with Crippen molar-refractivity contribution < 1.29 is 9.53 Å². The summed E-state index contributed by atoms with van der Waals surface area (Å²) in [5.41, 5.74) is 7.89. The number of aromatic nitrogens is 2. The standard InChI is InChI=1S/C30H30ClN5O2S/c1-18-15-23(12-13-25(18)33-27(37)17-38-4)36-29(28(34-30(36)39)26-7-5-6-14-32-26)24-16-19(2)35(20(24)3)22-10-8-21(31)9-11-22/h5-16,28-29H,17H2,1-4H3,(H,33,37)(H,34,39)/t28-,29-/m1/s1. The van der Waals surface area contributed by atoms with Crippen LogP contribution in [-0.2, 0) is 9.53 Å². The number of thiocarbonyl (C=S) groups is 1. The summed E-state index contributed by atoms with van der Waals surface area (Å²) < 4.78 is 7.19. The molecule has 0 aliphatic carbocycles. The lowest BCUT2D eigenvalue weighted by atomic mass is 9.96. The van der Waals surface area contributed by atoms with Crippen LogP contribution in [0.4, 0.5) is 11.4 Å². The number of amides is 1. The summed E-state index contributed by atoms with van der Waals surface area (Å²) in [5, 5.41) is 7.75. The van der Waals surface area contributed by atoms with Crippen LogP contribution in [0.2, 0.25) is 5.02 Å². The highest BCUT2D eigenvalue weighted by Crippen LogP contribution is 2.44. The molecule has 0 spiro atoms. The van der Waals surface area contributed by atoms with Crippen molar-refractivity contribution in [3.63, 3.8) is 0 Å². The number of hydrogen-bond donors (Lipinski definition) is 2. The highest BCUT2D eigenvalue weighted by Gasteiger charge is 2.42. The van der Waals surface area contributed by atoms with Crippen LogP contribution in [0.5, 0.6) is 0 Å². The number of benzene rings is 2. The van der Waals surface area contributed by atoms with E-state index in [-0.39, 0.29) is 24.6 Å². The van der Waals surface area contributed by atoms with Gasteiger partial charge in [0.05, 0.1) is 17.8 Å². The second kappa shape index (κ2) is 11.2. The molecule has 5 rings (SSSR count). The quantitative estimate of drug-likeness (QED) is 0.262. The minimum absolute atomic E-state index is 0.00160. The molecule has 0 unspecified atom stereocenters. The minimum atomic E-state index is -0.200. The summed E-state index contributed by atoms with van der Waals surface area (Å²) in [6.07, 6.45) is 1.80. The highest BCUT2D eigenvalue weighted by atomic mass is 35.5. The molecule has 0 saturated carbocycles. The molecular formula is C30H30ClN5O2S. The van der Waals surface area contributed by atoms with Crippen molar-refractivity contribution in [1.82, 2.24) is 14.9 Å². The monoisotopic (exact) mass is 559 g/mol. The average Bonchev–Trinajstić information content (AvgIpc) is 3.41. The first-order valence-corrected chi connectivity index (χ1v) is 13.4. The maximum atomic E-state index is 12.1. The molecular weight excluding hydrogens is 530 g/mol. The van der Waals surface area contributed by atoms with E-state index in [1.165, 1.54) is 7.11 Å². The Balaban J connectivity index is 1.60. The molecule has 1 aliphatic heterocycles. The van der Waals surface area contributed by atoms with Crippen LogP contribution in [0, 0.1) is 20.8 Å². The third-order valence-corrected chi connectivity index (χ3v) is 7.58. The SMILES string of the molecule is COCC(=O)Nc1ccc(N2C(=S)N[C@H](c3ccccn3)[C@H]2c2cc(C)n(-c3ccc(Cl)cc3)c2C)cc1C. The van der Waals surface area contributed by atoms with Gasteiger partial charge in [-0.05, 0) is 105 Å². The number of hydrogen-bond acceptors (Lipinski definition) is 4. The van der Waals surface area contributed by atoms with Crippen molar-refractivity contribution in [3.8, 4) is 5.69 Å².